The van der Waals surface area contributed by atoms with Crippen molar-refractivity contribution in [3.05, 3.63) is 48.0 Å². The van der Waals surface area contributed by atoms with Gasteiger partial charge in [-0.05, 0) is 64.2 Å². The Kier molecular flexibility index (Phi) is 4.28. The molecule has 4 rings (SSSR count). The second kappa shape index (κ2) is 6.39. The molecule has 27 heavy (non-hydrogen) atoms. The Morgan fingerprint density at radius 1 is 1.15 bits per heavy atom. The highest BCUT2D eigenvalue weighted by Gasteiger charge is 2.37. The fraction of sp³-hybridized carbons (Fsp3) is 0.333. The predicted molar refractivity (Wildman–Crippen MR) is 108 cm³/mol. The molecule has 0 saturated heterocycles. The molecular weight excluding hydrogens is 360 g/mol. The lowest BCUT2D eigenvalue weighted by atomic mass is 9.99. The first kappa shape index (κ1) is 18.1. The number of hydrogen-bond acceptors (Lipinski definition) is 4. The van der Waals surface area contributed by atoms with E-state index in [0.29, 0.717) is 17.0 Å². The molecule has 142 valence electrons. The molecule has 0 amide bonds. The number of aromatic nitrogens is 1. The molecule has 5 nitrogen and oxygen atoms in total. The van der Waals surface area contributed by atoms with Crippen molar-refractivity contribution in [2.45, 2.75) is 31.2 Å². The molecular formula is C21H24N2O3S. The average molecular weight is 385 g/mol. The first-order chi connectivity index (χ1) is 12.9. The van der Waals surface area contributed by atoms with E-state index in [2.05, 4.69) is 11.8 Å². The minimum Gasteiger partial charge on any atom is -0.494 e. The van der Waals surface area contributed by atoms with Crippen molar-refractivity contribution in [3.63, 3.8) is 0 Å². The lowest BCUT2D eigenvalue weighted by Gasteiger charge is -2.20. The summed E-state index contributed by atoms with van der Waals surface area (Å²) in [4.78, 5) is 2.53. The lowest BCUT2D eigenvalue weighted by molar-refractivity contribution is 0.313. The second-order valence-electron chi connectivity index (χ2n) is 7.22. The van der Waals surface area contributed by atoms with E-state index in [4.69, 9.17) is 4.74 Å². The van der Waals surface area contributed by atoms with Gasteiger partial charge in [0.25, 0.3) is 10.0 Å². The van der Waals surface area contributed by atoms with E-state index in [1.807, 2.05) is 51.4 Å². The van der Waals surface area contributed by atoms with Gasteiger partial charge in [0.05, 0.1) is 22.7 Å². The van der Waals surface area contributed by atoms with Gasteiger partial charge < -0.3 is 9.64 Å². The quantitative estimate of drug-likeness (QED) is 0.526. The van der Waals surface area contributed by atoms with E-state index in [1.165, 1.54) is 3.97 Å². The van der Waals surface area contributed by atoms with Crippen molar-refractivity contribution in [2.24, 2.45) is 0 Å². The Morgan fingerprint density at radius 2 is 1.89 bits per heavy atom. The number of rotatable bonds is 5. The van der Waals surface area contributed by atoms with Gasteiger partial charge in [0, 0.05) is 17.0 Å². The van der Waals surface area contributed by atoms with Gasteiger partial charge in [0.1, 0.15) is 5.75 Å². The van der Waals surface area contributed by atoms with Gasteiger partial charge >= 0.3 is 0 Å². The number of ether oxygens (including phenoxy) is 1. The molecule has 1 unspecified atom stereocenters. The van der Waals surface area contributed by atoms with Crippen molar-refractivity contribution >= 4 is 20.9 Å². The largest absolute Gasteiger partial charge is 0.494 e. The van der Waals surface area contributed by atoms with Crippen LogP contribution in [-0.4, -0.2) is 44.0 Å². The van der Waals surface area contributed by atoms with Crippen LogP contribution in [0.3, 0.4) is 0 Å². The Labute approximate surface area is 160 Å². The highest BCUT2D eigenvalue weighted by Crippen LogP contribution is 2.46. The molecule has 1 atom stereocenters. The van der Waals surface area contributed by atoms with Gasteiger partial charge in [0.2, 0.25) is 0 Å². The van der Waals surface area contributed by atoms with Crippen LogP contribution in [0.4, 0.5) is 0 Å². The fourth-order valence-electron chi connectivity index (χ4n) is 3.75. The van der Waals surface area contributed by atoms with Crippen molar-refractivity contribution < 1.29 is 13.2 Å². The fourth-order valence-corrected chi connectivity index (χ4v) is 5.51. The topological polar surface area (TPSA) is 51.5 Å². The van der Waals surface area contributed by atoms with Crippen LogP contribution in [0.15, 0.2) is 47.4 Å². The molecule has 0 radical (unpaired) electrons. The molecule has 0 N–H and O–H groups in total. The molecule has 0 aliphatic carbocycles. The second-order valence-corrected chi connectivity index (χ2v) is 8.98. The Morgan fingerprint density at radius 3 is 2.59 bits per heavy atom. The normalized spacial score (nSPS) is 15.7. The first-order valence-corrected chi connectivity index (χ1v) is 10.6. The van der Waals surface area contributed by atoms with Crippen LogP contribution >= 0.6 is 0 Å². The van der Waals surface area contributed by atoms with E-state index in [0.717, 1.165) is 34.4 Å². The van der Waals surface area contributed by atoms with Gasteiger partial charge in [0.15, 0.2) is 0 Å². The molecule has 0 bridgehead atoms. The van der Waals surface area contributed by atoms with Gasteiger partial charge in [-0.3, -0.25) is 0 Å². The highest BCUT2D eigenvalue weighted by atomic mass is 32.2. The molecule has 3 aromatic rings. The molecule has 0 fully saturated rings. The number of benzene rings is 2. The van der Waals surface area contributed by atoms with Gasteiger partial charge in [-0.1, -0.05) is 18.2 Å². The number of likely N-dealkylation sites (N-methyl/N-ethyl adjacent to an activating group) is 1. The molecule has 1 aromatic heterocycles. The summed E-state index contributed by atoms with van der Waals surface area (Å²) in [5.41, 5.74) is 3.35. The monoisotopic (exact) mass is 384 g/mol. The summed E-state index contributed by atoms with van der Waals surface area (Å²) in [5, 5.41) is 0.947. The van der Waals surface area contributed by atoms with Crippen LogP contribution in [0.2, 0.25) is 0 Å². The molecule has 2 heterocycles. The van der Waals surface area contributed by atoms with Crippen molar-refractivity contribution in [1.29, 1.82) is 0 Å². The summed E-state index contributed by atoms with van der Waals surface area (Å²) in [6.45, 7) is 4.67. The van der Waals surface area contributed by atoms with Crippen molar-refractivity contribution in [3.8, 4) is 17.0 Å². The summed E-state index contributed by atoms with van der Waals surface area (Å²) in [6, 6.07) is 13.2. The summed E-state index contributed by atoms with van der Waals surface area (Å²) in [5.74, 6) is 0.763. The van der Waals surface area contributed by atoms with E-state index in [1.54, 1.807) is 12.1 Å². The summed E-state index contributed by atoms with van der Waals surface area (Å²) in [6.07, 6.45) is 0.755. The van der Waals surface area contributed by atoms with Crippen LogP contribution < -0.4 is 4.74 Å². The average Bonchev–Trinajstić information content (AvgIpc) is 3.07. The van der Waals surface area contributed by atoms with E-state index in [-0.39, 0.29) is 6.04 Å². The minimum absolute atomic E-state index is 0.270. The van der Waals surface area contributed by atoms with Crippen LogP contribution in [0.1, 0.15) is 19.4 Å². The maximum Gasteiger partial charge on any atom is 0.269 e. The van der Waals surface area contributed by atoms with Gasteiger partial charge in [-0.15, -0.1) is 0 Å². The number of fused-ring (bicyclic) bond motifs is 5. The zero-order chi connectivity index (χ0) is 19.3. The minimum atomic E-state index is -3.59. The molecule has 1 aliphatic rings. The third-order valence-electron chi connectivity index (χ3n) is 5.35. The van der Waals surface area contributed by atoms with Crippen molar-refractivity contribution in [1.82, 2.24) is 8.87 Å². The molecule has 0 spiro atoms. The number of hydrogen-bond donors (Lipinski definition) is 0. The summed E-state index contributed by atoms with van der Waals surface area (Å²) in [7, 11) is 0.493. The highest BCUT2D eigenvalue weighted by molar-refractivity contribution is 7.90. The molecule has 6 heteroatoms. The molecule has 0 saturated carbocycles. The zero-order valence-electron chi connectivity index (χ0n) is 16.1. The van der Waals surface area contributed by atoms with Crippen molar-refractivity contribution in [2.75, 3.05) is 20.7 Å². The van der Waals surface area contributed by atoms with Crippen LogP contribution in [-0.2, 0) is 16.4 Å². The number of nitrogens with zero attached hydrogens (tertiary/aromatic N) is 2. The Balaban J connectivity index is 2.06. The first-order valence-electron chi connectivity index (χ1n) is 9.17. The van der Waals surface area contributed by atoms with Crippen LogP contribution in [0.25, 0.3) is 22.2 Å². The standard InChI is InChI=1S/C21H24N2O3S/c1-5-26-15-10-11-19-17(13-15)18(12-14(2)22(3)4)21-16-8-6-7-9-20(16)27(24,25)23(19)21/h6-11,13-14H,5,12H2,1-4H3. The summed E-state index contributed by atoms with van der Waals surface area (Å²) < 4.78 is 33.7. The lowest BCUT2D eigenvalue weighted by Crippen LogP contribution is -2.26. The Bertz CT molecular complexity index is 1130. The summed E-state index contributed by atoms with van der Waals surface area (Å²) >= 11 is 0. The third-order valence-corrected chi connectivity index (χ3v) is 7.13. The zero-order valence-corrected chi connectivity index (χ0v) is 16.9. The molecule has 1 aliphatic heterocycles. The van der Waals surface area contributed by atoms with Gasteiger partial charge in [-0.25, -0.2) is 12.4 Å². The van der Waals surface area contributed by atoms with E-state index in [9.17, 15) is 8.42 Å². The smallest absolute Gasteiger partial charge is 0.269 e. The maximum absolute atomic E-state index is 13.3. The van der Waals surface area contributed by atoms with Crippen LogP contribution in [0.5, 0.6) is 5.75 Å². The predicted octanol–water partition coefficient (Wildman–Crippen LogP) is 3.75. The van der Waals surface area contributed by atoms with E-state index < -0.39 is 10.0 Å². The van der Waals surface area contributed by atoms with E-state index >= 15 is 0 Å². The van der Waals surface area contributed by atoms with Gasteiger partial charge in [-0.2, -0.15) is 0 Å². The third kappa shape index (κ3) is 2.66. The SMILES string of the molecule is CCOc1ccc2c(c1)c(CC(C)N(C)C)c1n2S(=O)(=O)c2ccccc2-1. The maximum atomic E-state index is 13.3. The Hall–Kier alpha value is -2.31. The van der Waals surface area contributed by atoms with Crippen LogP contribution in [0, 0.1) is 0 Å². The molecule has 2 aromatic carbocycles.